The van der Waals surface area contributed by atoms with Crippen molar-refractivity contribution in [3.8, 4) is 0 Å². The van der Waals surface area contributed by atoms with E-state index in [-0.39, 0.29) is 16.2 Å². The van der Waals surface area contributed by atoms with Crippen LogP contribution in [0.15, 0.2) is 18.2 Å². The van der Waals surface area contributed by atoms with Gasteiger partial charge in [0.2, 0.25) is 0 Å². The lowest BCUT2D eigenvalue weighted by Gasteiger charge is -2.39. The van der Waals surface area contributed by atoms with Gasteiger partial charge in [-0.2, -0.15) is 0 Å². The van der Waals surface area contributed by atoms with Gasteiger partial charge < -0.3 is 4.43 Å². The molecule has 0 saturated carbocycles. The highest BCUT2D eigenvalue weighted by Gasteiger charge is 2.43. The fourth-order valence-corrected chi connectivity index (χ4v) is 3.79. The van der Waals surface area contributed by atoms with Crippen molar-refractivity contribution in [3.63, 3.8) is 0 Å². The van der Waals surface area contributed by atoms with E-state index in [1.54, 1.807) is 6.07 Å². The van der Waals surface area contributed by atoms with Gasteiger partial charge in [-0.05, 0) is 35.8 Å². The molecule has 0 amide bonds. The molecule has 0 spiro atoms. The van der Waals surface area contributed by atoms with Gasteiger partial charge in [-0.25, -0.2) is 0 Å². The number of halogens is 1. The third kappa shape index (κ3) is 3.10. The second-order valence-corrected chi connectivity index (χ2v) is 13.1. The van der Waals surface area contributed by atoms with Crippen LogP contribution in [0, 0.1) is 0 Å². The molecule has 0 heterocycles. The summed E-state index contributed by atoms with van der Waals surface area (Å²) in [4.78, 5) is 12.3. The van der Waals surface area contributed by atoms with Gasteiger partial charge in [0.1, 0.15) is 0 Å². The quantitative estimate of drug-likeness (QED) is 0.714. The first-order chi connectivity index (χ1) is 9.46. The highest BCUT2D eigenvalue weighted by molar-refractivity contribution is 6.74. The van der Waals surface area contributed by atoms with E-state index < -0.39 is 8.32 Å². The molecule has 0 saturated heterocycles. The van der Waals surface area contributed by atoms with Crippen LogP contribution in [0.4, 0.5) is 0 Å². The third-order valence-electron chi connectivity index (χ3n) is 5.04. The smallest absolute Gasteiger partial charge is 0.192 e. The summed E-state index contributed by atoms with van der Waals surface area (Å²) < 4.78 is 6.37. The average molecular weight is 325 g/mol. The molecule has 2 rings (SSSR count). The standard InChI is InChI=1S/C17H25ClO2Si/c1-16(2,3)21(5,6)20-11-17(4)10-15(19)13-9-12(18)7-8-14(13)17/h7-9H,10-11H2,1-6H3/t17-/m1/s1. The Kier molecular flexibility index (Phi) is 4.16. The molecule has 2 nitrogen and oxygen atoms in total. The Hall–Kier alpha value is -0.643. The van der Waals surface area contributed by atoms with E-state index in [1.807, 2.05) is 12.1 Å². The van der Waals surface area contributed by atoms with Crippen LogP contribution >= 0.6 is 11.6 Å². The Balaban J connectivity index is 2.25. The van der Waals surface area contributed by atoms with Crippen molar-refractivity contribution in [2.45, 2.75) is 57.7 Å². The molecule has 1 aromatic carbocycles. The van der Waals surface area contributed by atoms with Crippen LogP contribution in [-0.4, -0.2) is 20.7 Å². The van der Waals surface area contributed by atoms with Crippen molar-refractivity contribution in [2.75, 3.05) is 6.61 Å². The Bertz CT molecular complexity index is 575. The summed E-state index contributed by atoms with van der Waals surface area (Å²) in [6.07, 6.45) is 0.511. The highest BCUT2D eigenvalue weighted by Crippen LogP contribution is 2.43. The fourth-order valence-electron chi connectivity index (χ4n) is 2.50. The molecule has 1 aromatic rings. The molecule has 0 fully saturated rings. The van der Waals surface area contributed by atoms with Crippen molar-refractivity contribution >= 4 is 25.7 Å². The van der Waals surface area contributed by atoms with Gasteiger partial charge in [0, 0.05) is 29.0 Å². The van der Waals surface area contributed by atoms with Gasteiger partial charge in [0.15, 0.2) is 14.1 Å². The minimum absolute atomic E-state index is 0.175. The Morgan fingerprint density at radius 1 is 1.33 bits per heavy atom. The second kappa shape index (κ2) is 5.22. The van der Waals surface area contributed by atoms with Gasteiger partial charge in [0.05, 0.1) is 0 Å². The summed E-state index contributed by atoms with van der Waals surface area (Å²) in [5, 5.41) is 0.797. The second-order valence-electron chi connectivity index (χ2n) is 7.90. The molecule has 1 atom stereocenters. The molecule has 0 aliphatic heterocycles. The van der Waals surface area contributed by atoms with Gasteiger partial charge in [0.25, 0.3) is 0 Å². The van der Waals surface area contributed by atoms with Crippen LogP contribution in [0.25, 0.3) is 0 Å². The number of Topliss-reactive ketones (excluding diaryl/α,β-unsaturated/α-hetero) is 1. The van der Waals surface area contributed by atoms with Crippen molar-refractivity contribution in [2.24, 2.45) is 0 Å². The van der Waals surface area contributed by atoms with E-state index in [4.69, 9.17) is 16.0 Å². The molecule has 0 N–H and O–H groups in total. The van der Waals surface area contributed by atoms with Gasteiger partial charge in [-0.3, -0.25) is 4.79 Å². The Morgan fingerprint density at radius 2 is 1.95 bits per heavy atom. The van der Waals surface area contributed by atoms with E-state index in [0.717, 1.165) is 11.1 Å². The van der Waals surface area contributed by atoms with Crippen molar-refractivity contribution in [1.82, 2.24) is 0 Å². The van der Waals surface area contributed by atoms with Gasteiger partial charge >= 0.3 is 0 Å². The zero-order chi connectivity index (χ0) is 16.1. The normalized spacial score (nSPS) is 22.5. The topological polar surface area (TPSA) is 26.3 Å². The summed E-state index contributed by atoms with van der Waals surface area (Å²) in [6, 6.07) is 5.64. The number of hydrogen-bond donors (Lipinski definition) is 0. The maximum absolute atomic E-state index is 12.3. The predicted molar refractivity (Wildman–Crippen MR) is 90.9 cm³/mol. The van der Waals surface area contributed by atoms with Crippen molar-refractivity contribution in [1.29, 1.82) is 0 Å². The molecule has 4 heteroatoms. The molecular formula is C17H25ClO2Si. The molecular weight excluding hydrogens is 300 g/mol. The number of hydrogen-bond acceptors (Lipinski definition) is 2. The average Bonchev–Trinajstić information content (AvgIpc) is 2.58. The number of ketones is 1. The Labute approximate surface area is 134 Å². The molecule has 21 heavy (non-hydrogen) atoms. The van der Waals surface area contributed by atoms with E-state index in [2.05, 4.69) is 40.8 Å². The van der Waals surface area contributed by atoms with Gasteiger partial charge in [-0.15, -0.1) is 0 Å². The SMILES string of the molecule is CC(C)(C)[Si](C)(C)OC[C@@]1(C)CC(=O)c2cc(Cl)ccc21. The highest BCUT2D eigenvalue weighted by atomic mass is 35.5. The van der Waals surface area contributed by atoms with E-state index >= 15 is 0 Å². The molecule has 1 aliphatic carbocycles. The lowest BCUT2D eigenvalue weighted by atomic mass is 9.85. The fraction of sp³-hybridized carbons (Fsp3) is 0.588. The molecule has 1 aliphatic rings. The number of carbonyl (C=O) groups is 1. The first kappa shape index (κ1) is 16.7. The van der Waals surface area contributed by atoms with E-state index in [0.29, 0.717) is 18.1 Å². The zero-order valence-corrected chi connectivity index (χ0v) is 15.6. The van der Waals surface area contributed by atoms with Crippen LogP contribution in [0.2, 0.25) is 23.2 Å². The summed E-state index contributed by atoms with van der Waals surface area (Å²) in [7, 11) is -1.81. The third-order valence-corrected chi connectivity index (χ3v) is 9.75. The number of carbonyl (C=O) groups excluding carboxylic acids is 1. The van der Waals surface area contributed by atoms with Gasteiger partial charge in [-0.1, -0.05) is 45.4 Å². The van der Waals surface area contributed by atoms with Crippen LogP contribution in [0.3, 0.4) is 0 Å². The number of benzene rings is 1. The first-order valence-corrected chi connectivity index (χ1v) is 10.7. The summed E-state index contributed by atoms with van der Waals surface area (Å²) in [5.41, 5.74) is 1.62. The number of rotatable bonds is 3. The molecule has 0 aromatic heterocycles. The molecule has 116 valence electrons. The molecule has 0 bridgehead atoms. The maximum Gasteiger partial charge on any atom is 0.192 e. The van der Waals surface area contributed by atoms with Crippen LogP contribution in [0.1, 0.15) is 50.0 Å². The minimum atomic E-state index is -1.81. The van der Waals surface area contributed by atoms with E-state index in [1.165, 1.54) is 0 Å². The summed E-state index contributed by atoms with van der Waals surface area (Å²) >= 11 is 6.01. The minimum Gasteiger partial charge on any atom is -0.416 e. The van der Waals surface area contributed by atoms with Crippen LogP contribution in [0.5, 0.6) is 0 Å². The first-order valence-electron chi connectivity index (χ1n) is 7.43. The lowest BCUT2D eigenvalue weighted by Crippen LogP contribution is -2.44. The molecule has 0 radical (unpaired) electrons. The number of fused-ring (bicyclic) bond motifs is 1. The summed E-state index contributed by atoms with van der Waals surface area (Å²) in [5.74, 6) is 0.175. The maximum atomic E-state index is 12.3. The predicted octanol–water partition coefficient (Wildman–Crippen LogP) is 5.21. The molecule has 0 unspecified atom stereocenters. The Morgan fingerprint density at radius 3 is 2.52 bits per heavy atom. The summed E-state index contributed by atoms with van der Waals surface area (Å²) in [6.45, 7) is 13.9. The van der Waals surface area contributed by atoms with Crippen LogP contribution in [-0.2, 0) is 9.84 Å². The lowest BCUT2D eigenvalue weighted by molar-refractivity contribution is 0.0957. The van der Waals surface area contributed by atoms with Crippen molar-refractivity contribution in [3.05, 3.63) is 34.3 Å². The largest absolute Gasteiger partial charge is 0.416 e. The van der Waals surface area contributed by atoms with Crippen molar-refractivity contribution < 1.29 is 9.22 Å². The van der Waals surface area contributed by atoms with E-state index in [9.17, 15) is 4.79 Å². The van der Waals surface area contributed by atoms with Crippen LogP contribution < -0.4 is 0 Å². The zero-order valence-electron chi connectivity index (χ0n) is 13.8. The monoisotopic (exact) mass is 324 g/mol.